The number of nitrogens with zero attached hydrogens (tertiary/aromatic N) is 5. The first kappa shape index (κ1) is 25.5. The number of aryl methyl sites for hydroxylation is 2. The standard InChI is InChI=1S/C28H24F3N7O2/c1-15-3-4-20(10-22(15)38-13-18-11-33-26(32)36-23(18)27(5-6-27)25(38)40)35-24(39)17-7-19(28(29,30)31)9-21(8-17)37-12-16(2)34-14-37/h3-4,7-12,14H,5-6,13H2,1-2H3,(H,35,39)(H2,32,33,36). The molecular weight excluding hydrogens is 523 g/mol. The van der Waals surface area contributed by atoms with Crippen molar-refractivity contribution in [3.05, 3.63) is 88.8 Å². The Morgan fingerprint density at radius 1 is 1.10 bits per heavy atom. The van der Waals surface area contributed by atoms with Gasteiger partial charge in [-0.15, -0.1) is 0 Å². The largest absolute Gasteiger partial charge is 0.416 e. The number of halogens is 3. The molecule has 0 atom stereocenters. The molecule has 40 heavy (non-hydrogen) atoms. The molecule has 1 aliphatic heterocycles. The smallest absolute Gasteiger partial charge is 0.368 e. The van der Waals surface area contributed by atoms with Crippen LogP contribution in [0.4, 0.5) is 30.5 Å². The molecule has 3 N–H and O–H groups in total. The zero-order valence-corrected chi connectivity index (χ0v) is 21.6. The van der Waals surface area contributed by atoms with Crippen LogP contribution in [0.3, 0.4) is 0 Å². The fraction of sp³-hybridized carbons (Fsp3) is 0.250. The van der Waals surface area contributed by atoms with Gasteiger partial charge in [0.1, 0.15) is 0 Å². The Kier molecular flexibility index (Phi) is 5.68. The van der Waals surface area contributed by atoms with Gasteiger partial charge < -0.3 is 20.5 Å². The molecule has 9 nitrogen and oxygen atoms in total. The molecule has 3 heterocycles. The van der Waals surface area contributed by atoms with Crippen molar-refractivity contribution in [2.24, 2.45) is 0 Å². The second kappa shape index (κ2) is 8.90. The number of aromatic nitrogens is 4. The highest BCUT2D eigenvalue weighted by molar-refractivity contribution is 6.07. The highest BCUT2D eigenvalue weighted by Gasteiger charge is 2.58. The number of amides is 2. The predicted molar refractivity (Wildman–Crippen MR) is 141 cm³/mol. The summed E-state index contributed by atoms with van der Waals surface area (Å²) in [6.07, 6.45) is 1.23. The van der Waals surface area contributed by atoms with Gasteiger partial charge in [-0.2, -0.15) is 13.2 Å². The summed E-state index contributed by atoms with van der Waals surface area (Å²) in [5.74, 6) is -0.715. The summed E-state index contributed by atoms with van der Waals surface area (Å²) in [5, 5.41) is 2.69. The van der Waals surface area contributed by atoms with Crippen molar-refractivity contribution < 1.29 is 22.8 Å². The zero-order chi connectivity index (χ0) is 28.4. The highest BCUT2D eigenvalue weighted by atomic mass is 19.4. The lowest BCUT2D eigenvalue weighted by Crippen LogP contribution is -2.45. The number of hydrogen-bond acceptors (Lipinski definition) is 6. The van der Waals surface area contributed by atoms with Crippen LogP contribution in [0, 0.1) is 13.8 Å². The van der Waals surface area contributed by atoms with E-state index < -0.39 is 23.1 Å². The molecule has 2 amide bonds. The van der Waals surface area contributed by atoms with E-state index in [0.717, 1.165) is 23.3 Å². The van der Waals surface area contributed by atoms with E-state index in [2.05, 4.69) is 20.3 Å². The van der Waals surface area contributed by atoms with E-state index in [-0.39, 0.29) is 29.7 Å². The number of nitrogens with one attached hydrogen (secondary N) is 1. The van der Waals surface area contributed by atoms with Crippen molar-refractivity contribution in [2.75, 3.05) is 16.0 Å². The minimum absolute atomic E-state index is 0.108. The molecule has 0 saturated heterocycles. The average Bonchev–Trinajstić information content (AvgIpc) is 3.60. The molecule has 2 aromatic carbocycles. The van der Waals surface area contributed by atoms with Crippen molar-refractivity contribution in [1.82, 2.24) is 19.5 Å². The quantitative estimate of drug-likeness (QED) is 0.382. The summed E-state index contributed by atoms with van der Waals surface area (Å²) in [6, 6.07) is 8.19. The molecule has 0 unspecified atom stereocenters. The minimum atomic E-state index is -4.66. The average molecular weight is 548 g/mol. The van der Waals surface area contributed by atoms with Gasteiger partial charge in [-0.25, -0.2) is 15.0 Å². The third kappa shape index (κ3) is 4.34. The number of anilines is 3. The molecule has 1 spiro atoms. The Morgan fingerprint density at radius 3 is 2.55 bits per heavy atom. The van der Waals surface area contributed by atoms with Gasteiger partial charge >= 0.3 is 6.18 Å². The van der Waals surface area contributed by atoms with Gasteiger partial charge in [0, 0.05) is 40.6 Å². The molecule has 2 aliphatic rings. The summed E-state index contributed by atoms with van der Waals surface area (Å²) in [6.45, 7) is 3.79. The molecule has 12 heteroatoms. The third-order valence-electron chi connectivity index (χ3n) is 7.34. The normalized spacial score (nSPS) is 15.7. The Hall–Kier alpha value is -4.74. The Morgan fingerprint density at radius 2 is 1.88 bits per heavy atom. The topological polar surface area (TPSA) is 119 Å². The minimum Gasteiger partial charge on any atom is -0.368 e. The van der Waals surface area contributed by atoms with E-state index in [4.69, 9.17) is 5.73 Å². The van der Waals surface area contributed by atoms with Crippen LogP contribution in [0.5, 0.6) is 0 Å². The SMILES string of the molecule is Cc1cn(-c2cc(C(=O)Nc3ccc(C)c(N4Cc5cnc(N)nc5C5(CC5)C4=O)c3)cc(C(F)(F)F)c2)cn1. The summed E-state index contributed by atoms with van der Waals surface area (Å²) in [4.78, 5) is 41.0. The molecule has 2 aromatic heterocycles. The number of carbonyl (C=O) groups is 2. The number of nitrogen functional groups attached to an aromatic ring is 1. The number of hydrogen-bond donors (Lipinski definition) is 2. The van der Waals surface area contributed by atoms with Crippen molar-refractivity contribution in [2.45, 2.75) is 44.8 Å². The number of carbonyl (C=O) groups excluding carboxylic acids is 2. The Labute approximate surface area is 226 Å². The lowest BCUT2D eigenvalue weighted by Gasteiger charge is -2.34. The van der Waals surface area contributed by atoms with Crippen LogP contribution < -0.4 is 16.0 Å². The molecule has 0 bridgehead atoms. The predicted octanol–water partition coefficient (Wildman–Crippen LogP) is 4.71. The molecule has 4 aromatic rings. The number of rotatable bonds is 4. The van der Waals surface area contributed by atoms with Gasteiger partial charge in [-0.3, -0.25) is 9.59 Å². The van der Waals surface area contributed by atoms with E-state index in [1.165, 1.54) is 17.0 Å². The maximum absolute atomic E-state index is 13.7. The summed E-state index contributed by atoms with van der Waals surface area (Å²) in [5.41, 5.74) is 7.85. The third-order valence-corrected chi connectivity index (χ3v) is 7.34. The molecule has 1 saturated carbocycles. The second-order valence-corrected chi connectivity index (χ2v) is 10.2. The summed E-state index contributed by atoms with van der Waals surface area (Å²) >= 11 is 0. The van der Waals surface area contributed by atoms with Crippen LogP contribution in [-0.2, 0) is 22.9 Å². The second-order valence-electron chi connectivity index (χ2n) is 10.2. The van der Waals surface area contributed by atoms with Crippen LogP contribution in [0.25, 0.3) is 5.69 Å². The van der Waals surface area contributed by atoms with Gasteiger partial charge in [0.2, 0.25) is 11.9 Å². The first-order chi connectivity index (χ1) is 18.9. The first-order valence-electron chi connectivity index (χ1n) is 12.5. The monoisotopic (exact) mass is 547 g/mol. The fourth-order valence-corrected chi connectivity index (χ4v) is 5.12. The highest BCUT2D eigenvalue weighted by Crippen LogP contribution is 2.53. The number of alkyl halides is 3. The molecule has 0 radical (unpaired) electrons. The number of fused-ring (bicyclic) bond motifs is 2. The van der Waals surface area contributed by atoms with E-state index >= 15 is 0 Å². The van der Waals surface area contributed by atoms with Crippen LogP contribution in [-0.4, -0.2) is 31.3 Å². The van der Waals surface area contributed by atoms with Crippen molar-refractivity contribution in [3.63, 3.8) is 0 Å². The molecule has 204 valence electrons. The maximum Gasteiger partial charge on any atom is 0.416 e. The first-order valence-corrected chi connectivity index (χ1v) is 12.5. The lowest BCUT2D eigenvalue weighted by atomic mass is 9.91. The van der Waals surface area contributed by atoms with Gasteiger partial charge in [0.05, 0.1) is 35.2 Å². The van der Waals surface area contributed by atoms with Crippen LogP contribution in [0.2, 0.25) is 0 Å². The Bertz CT molecular complexity index is 1690. The van der Waals surface area contributed by atoms with E-state index in [9.17, 15) is 22.8 Å². The van der Waals surface area contributed by atoms with Gasteiger partial charge in [0.15, 0.2) is 0 Å². The van der Waals surface area contributed by atoms with Crippen molar-refractivity contribution >= 4 is 29.1 Å². The molecule has 1 fully saturated rings. The zero-order valence-electron chi connectivity index (χ0n) is 21.6. The number of nitrogens with two attached hydrogens (primary N) is 1. The van der Waals surface area contributed by atoms with Crippen molar-refractivity contribution in [1.29, 1.82) is 0 Å². The van der Waals surface area contributed by atoms with E-state index in [1.54, 1.807) is 42.4 Å². The van der Waals surface area contributed by atoms with Gasteiger partial charge in [0.25, 0.3) is 5.91 Å². The van der Waals surface area contributed by atoms with Gasteiger partial charge in [-0.1, -0.05) is 6.07 Å². The van der Waals surface area contributed by atoms with Crippen LogP contribution in [0.1, 0.15) is 51.3 Å². The van der Waals surface area contributed by atoms with Crippen LogP contribution in [0.15, 0.2) is 55.1 Å². The van der Waals surface area contributed by atoms with Gasteiger partial charge in [-0.05, 0) is 62.6 Å². The lowest BCUT2D eigenvalue weighted by molar-refractivity contribution is -0.137. The summed E-state index contributed by atoms with van der Waals surface area (Å²) < 4.78 is 42.5. The maximum atomic E-state index is 13.7. The fourth-order valence-electron chi connectivity index (χ4n) is 5.12. The van der Waals surface area contributed by atoms with Crippen LogP contribution >= 0.6 is 0 Å². The number of benzene rings is 2. The van der Waals surface area contributed by atoms with Crippen molar-refractivity contribution in [3.8, 4) is 5.69 Å². The van der Waals surface area contributed by atoms with E-state index in [0.29, 0.717) is 35.6 Å². The Balaban J connectivity index is 1.32. The molecule has 1 aliphatic carbocycles. The number of imidazole rings is 1. The van der Waals surface area contributed by atoms with E-state index in [1.807, 2.05) is 6.92 Å². The summed E-state index contributed by atoms with van der Waals surface area (Å²) in [7, 11) is 0. The molecular formula is C28H24F3N7O2. The molecule has 6 rings (SSSR count).